The van der Waals surface area contributed by atoms with Gasteiger partial charge in [-0.15, -0.1) is 0 Å². The molecule has 1 saturated carbocycles. The van der Waals surface area contributed by atoms with Gasteiger partial charge in [0.25, 0.3) is 11.8 Å². The zero-order valence-electron chi connectivity index (χ0n) is 18.7. The Labute approximate surface area is 197 Å². The first-order valence-electron chi connectivity index (χ1n) is 11.0. The van der Waals surface area contributed by atoms with E-state index in [0.29, 0.717) is 17.3 Å². The van der Waals surface area contributed by atoms with Gasteiger partial charge in [-0.1, -0.05) is 18.2 Å². The minimum absolute atomic E-state index is 0.152. The summed E-state index contributed by atoms with van der Waals surface area (Å²) in [7, 11) is 1.45. The molecule has 1 unspecified atom stereocenters. The van der Waals surface area contributed by atoms with E-state index in [-0.39, 0.29) is 18.0 Å². The second-order valence-corrected chi connectivity index (χ2v) is 7.92. The molecule has 4 rings (SSSR count). The third-order valence-corrected chi connectivity index (χ3v) is 5.38. The summed E-state index contributed by atoms with van der Waals surface area (Å²) in [4.78, 5) is 38.2. The lowest BCUT2D eigenvalue weighted by Gasteiger charge is -2.21. The number of amides is 2. The molecule has 10 nitrogen and oxygen atoms in total. The zero-order valence-corrected chi connectivity index (χ0v) is 18.7. The van der Waals surface area contributed by atoms with E-state index in [1.165, 1.54) is 13.4 Å². The number of nitrogens with one attached hydrogen (secondary N) is 5. The summed E-state index contributed by atoms with van der Waals surface area (Å²) in [5.41, 5.74) is 2.68. The molecule has 2 heterocycles. The van der Waals surface area contributed by atoms with Crippen molar-refractivity contribution in [1.82, 2.24) is 25.6 Å². The van der Waals surface area contributed by atoms with Crippen LogP contribution in [0.1, 0.15) is 34.9 Å². The quantitative estimate of drug-likeness (QED) is 0.294. The third-order valence-electron chi connectivity index (χ3n) is 5.38. The van der Waals surface area contributed by atoms with Crippen LogP contribution in [0.4, 0.5) is 17.1 Å². The second kappa shape index (κ2) is 10.5. The monoisotopic (exact) mass is 458 g/mol. The Hall–Kier alpha value is -4.34. The van der Waals surface area contributed by atoms with Crippen LogP contribution in [-0.2, 0) is 4.79 Å². The standard InChI is InChI=1S/C24H26N8O2/c1-26-23(33)21(25)20(13-29-16-5-3-2-4-6-16)32-24(34)22-19(30-17-11-27-14-28-12-17)10-9-18(31-22)15-7-8-15/h2-6,9-12,14-15,20,25,29-30H,7-8,13H2,1H3,(H,26,33)(H,32,34). The van der Waals surface area contributed by atoms with Gasteiger partial charge < -0.3 is 21.3 Å². The highest BCUT2D eigenvalue weighted by Crippen LogP contribution is 2.39. The summed E-state index contributed by atoms with van der Waals surface area (Å²) in [6.07, 6.45) is 6.69. The van der Waals surface area contributed by atoms with Crippen molar-refractivity contribution in [1.29, 1.82) is 5.41 Å². The molecule has 1 atom stereocenters. The number of hydrogen-bond donors (Lipinski definition) is 5. The largest absolute Gasteiger partial charge is 0.383 e. The molecular formula is C24H26N8O2. The lowest BCUT2D eigenvalue weighted by molar-refractivity contribution is -0.114. The number of nitrogens with zero attached hydrogens (tertiary/aromatic N) is 3. The number of carbonyl (C=O) groups is 2. The number of rotatable bonds is 10. The van der Waals surface area contributed by atoms with Gasteiger partial charge in [-0.3, -0.25) is 15.0 Å². The van der Waals surface area contributed by atoms with Crippen LogP contribution < -0.4 is 21.3 Å². The number of hydrogen-bond acceptors (Lipinski definition) is 8. The van der Waals surface area contributed by atoms with Crippen molar-refractivity contribution in [3.05, 3.63) is 72.6 Å². The maximum absolute atomic E-state index is 13.4. The molecule has 10 heteroatoms. The number of aromatic nitrogens is 3. The molecule has 3 aromatic rings. The minimum atomic E-state index is -0.882. The maximum Gasteiger partial charge on any atom is 0.272 e. The van der Waals surface area contributed by atoms with Crippen molar-refractivity contribution in [3.8, 4) is 0 Å². The molecule has 174 valence electrons. The number of carbonyl (C=O) groups excluding carboxylic acids is 2. The molecule has 0 bridgehead atoms. The molecule has 1 aliphatic rings. The van der Waals surface area contributed by atoms with Crippen molar-refractivity contribution in [2.45, 2.75) is 24.8 Å². The first-order chi connectivity index (χ1) is 16.5. The van der Waals surface area contributed by atoms with Crippen molar-refractivity contribution in [2.75, 3.05) is 24.2 Å². The fourth-order valence-corrected chi connectivity index (χ4v) is 3.39. The summed E-state index contributed by atoms with van der Waals surface area (Å²) < 4.78 is 0. The van der Waals surface area contributed by atoms with E-state index in [2.05, 4.69) is 36.2 Å². The van der Waals surface area contributed by atoms with E-state index in [4.69, 9.17) is 5.41 Å². The summed E-state index contributed by atoms with van der Waals surface area (Å²) >= 11 is 0. The lowest BCUT2D eigenvalue weighted by atomic mass is 10.1. The fraction of sp³-hybridized carbons (Fsp3) is 0.250. The van der Waals surface area contributed by atoms with Gasteiger partial charge in [0, 0.05) is 30.9 Å². The fourth-order valence-electron chi connectivity index (χ4n) is 3.39. The molecule has 1 aliphatic carbocycles. The van der Waals surface area contributed by atoms with E-state index in [0.717, 1.165) is 24.2 Å². The molecule has 0 saturated heterocycles. The van der Waals surface area contributed by atoms with Crippen LogP contribution in [0.5, 0.6) is 0 Å². The van der Waals surface area contributed by atoms with E-state index in [1.807, 2.05) is 42.5 Å². The minimum Gasteiger partial charge on any atom is -0.383 e. The van der Waals surface area contributed by atoms with Crippen LogP contribution in [0.15, 0.2) is 61.2 Å². The summed E-state index contributed by atoms with van der Waals surface area (Å²) in [5, 5.41) is 19.9. The SMILES string of the molecule is CNC(=O)C(=N)C(CNc1ccccc1)NC(=O)c1nc(C2CC2)ccc1Nc1cncnc1. The molecule has 2 amide bonds. The number of para-hydroxylation sites is 1. The summed E-state index contributed by atoms with van der Waals surface area (Å²) in [5.74, 6) is -0.713. The molecule has 2 aromatic heterocycles. The summed E-state index contributed by atoms with van der Waals surface area (Å²) in [6, 6.07) is 12.2. The highest BCUT2D eigenvalue weighted by atomic mass is 16.2. The van der Waals surface area contributed by atoms with Gasteiger partial charge in [0.1, 0.15) is 12.0 Å². The van der Waals surface area contributed by atoms with E-state index < -0.39 is 17.9 Å². The van der Waals surface area contributed by atoms with Gasteiger partial charge in [0.2, 0.25) is 0 Å². The molecule has 5 N–H and O–H groups in total. The van der Waals surface area contributed by atoms with E-state index in [9.17, 15) is 9.59 Å². The van der Waals surface area contributed by atoms with Crippen LogP contribution in [-0.4, -0.2) is 52.1 Å². The van der Waals surface area contributed by atoms with Gasteiger partial charge in [-0.05, 0) is 37.1 Å². The smallest absolute Gasteiger partial charge is 0.272 e. The van der Waals surface area contributed by atoms with Crippen molar-refractivity contribution in [2.24, 2.45) is 0 Å². The average Bonchev–Trinajstić information content (AvgIpc) is 3.72. The number of anilines is 3. The van der Waals surface area contributed by atoms with Gasteiger partial charge in [0.05, 0.1) is 29.8 Å². The van der Waals surface area contributed by atoms with Crippen molar-refractivity contribution < 1.29 is 9.59 Å². The van der Waals surface area contributed by atoms with Crippen LogP contribution in [0.3, 0.4) is 0 Å². The Balaban J connectivity index is 1.58. The summed E-state index contributed by atoms with van der Waals surface area (Å²) in [6.45, 7) is 0.152. The first kappa shape index (κ1) is 22.8. The normalized spacial score (nSPS) is 13.4. The second-order valence-electron chi connectivity index (χ2n) is 7.92. The predicted molar refractivity (Wildman–Crippen MR) is 130 cm³/mol. The van der Waals surface area contributed by atoms with Gasteiger partial charge in [-0.2, -0.15) is 0 Å². The Morgan fingerprint density at radius 3 is 2.47 bits per heavy atom. The third kappa shape index (κ3) is 5.71. The first-order valence-corrected chi connectivity index (χ1v) is 11.0. The zero-order chi connectivity index (χ0) is 23.9. The number of pyridine rings is 1. The molecule has 34 heavy (non-hydrogen) atoms. The van der Waals surface area contributed by atoms with Crippen LogP contribution in [0.25, 0.3) is 0 Å². The van der Waals surface area contributed by atoms with Crippen LogP contribution >= 0.6 is 0 Å². The van der Waals surface area contributed by atoms with Crippen molar-refractivity contribution in [3.63, 3.8) is 0 Å². The lowest BCUT2D eigenvalue weighted by Crippen LogP contribution is -2.50. The Morgan fingerprint density at radius 2 is 1.79 bits per heavy atom. The Kier molecular flexibility index (Phi) is 7.07. The topological polar surface area (TPSA) is 145 Å². The Bertz CT molecular complexity index is 1170. The van der Waals surface area contributed by atoms with Gasteiger partial charge in [-0.25, -0.2) is 15.0 Å². The predicted octanol–water partition coefficient (Wildman–Crippen LogP) is 2.47. The van der Waals surface area contributed by atoms with Crippen LogP contribution in [0, 0.1) is 5.41 Å². The van der Waals surface area contributed by atoms with Crippen LogP contribution in [0.2, 0.25) is 0 Å². The molecule has 0 aliphatic heterocycles. The number of benzene rings is 1. The maximum atomic E-state index is 13.4. The van der Waals surface area contributed by atoms with E-state index in [1.54, 1.807) is 12.4 Å². The molecular weight excluding hydrogens is 432 g/mol. The van der Waals surface area contributed by atoms with Gasteiger partial charge >= 0.3 is 0 Å². The molecule has 0 spiro atoms. The highest BCUT2D eigenvalue weighted by molar-refractivity contribution is 6.40. The highest BCUT2D eigenvalue weighted by Gasteiger charge is 2.29. The average molecular weight is 459 g/mol. The van der Waals surface area contributed by atoms with E-state index >= 15 is 0 Å². The Morgan fingerprint density at radius 1 is 1.06 bits per heavy atom. The van der Waals surface area contributed by atoms with Gasteiger partial charge in [0.15, 0.2) is 5.69 Å². The molecule has 1 aromatic carbocycles. The molecule has 1 fully saturated rings. The van der Waals surface area contributed by atoms with Crippen molar-refractivity contribution >= 4 is 34.6 Å². The molecule has 0 radical (unpaired) electrons.